The van der Waals surface area contributed by atoms with Crippen molar-refractivity contribution in [3.05, 3.63) is 47.2 Å². The number of hydrogen-bond acceptors (Lipinski definition) is 5. The lowest BCUT2D eigenvalue weighted by Gasteiger charge is -2.28. The molecular weight excluding hydrogens is 280 g/mol. The molecule has 0 unspecified atom stereocenters. The van der Waals surface area contributed by atoms with Crippen LogP contribution in [0.15, 0.2) is 41.6 Å². The van der Waals surface area contributed by atoms with Gasteiger partial charge in [0.15, 0.2) is 5.78 Å². The summed E-state index contributed by atoms with van der Waals surface area (Å²) >= 11 is 0. The topological polar surface area (TPSA) is 79.2 Å². The van der Waals surface area contributed by atoms with Crippen LogP contribution in [0.5, 0.6) is 0 Å². The van der Waals surface area contributed by atoms with E-state index in [2.05, 4.69) is 11.4 Å². The van der Waals surface area contributed by atoms with Crippen molar-refractivity contribution in [2.45, 2.75) is 30.7 Å². The highest BCUT2D eigenvalue weighted by molar-refractivity contribution is 6.03. The normalized spacial score (nSPS) is 26.9. The molecule has 22 heavy (non-hydrogen) atoms. The molecule has 0 amide bonds. The molecule has 5 nitrogen and oxygen atoms in total. The second-order valence-corrected chi connectivity index (χ2v) is 5.55. The van der Waals surface area contributed by atoms with E-state index in [0.29, 0.717) is 24.1 Å². The van der Waals surface area contributed by atoms with Crippen molar-refractivity contribution in [2.24, 2.45) is 0 Å². The Hall–Kier alpha value is -2.61. The van der Waals surface area contributed by atoms with E-state index in [4.69, 9.17) is 4.74 Å². The SMILES string of the molecule is COC(=O)[C@@]1(C#N)NC2=C(C(=O)CCC2)[C@@H]1c1ccccc1. The number of esters is 1. The summed E-state index contributed by atoms with van der Waals surface area (Å²) in [6.45, 7) is 0. The third-order valence-electron chi connectivity index (χ3n) is 4.34. The highest BCUT2D eigenvalue weighted by Crippen LogP contribution is 2.46. The van der Waals surface area contributed by atoms with Crippen LogP contribution in [-0.4, -0.2) is 24.4 Å². The van der Waals surface area contributed by atoms with Gasteiger partial charge in [-0.15, -0.1) is 0 Å². The number of benzene rings is 1. The molecule has 0 aromatic heterocycles. The second kappa shape index (κ2) is 5.30. The average Bonchev–Trinajstić information content (AvgIpc) is 2.91. The van der Waals surface area contributed by atoms with Crippen LogP contribution in [0, 0.1) is 11.3 Å². The first-order valence-corrected chi connectivity index (χ1v) is 7.23. The maximum Gasteiger partial charge on any atom is 0.347 e. The molecule has 1 N–H and O–H groups in total. The van der Waals surface area contributed by atoms with E-state index < -0.39 is 17.4 Å². The van der Waals surface area contributed by atoms with Crippen LogP contribution in [-0.2, 0) is 14.3 Å². The standard InChI is InChI=1S/C17H16N2O3/c1-22-16(21)17(10-18)15(11-6-3-2-4-7-11)14-12(19-17)8-5-9-13(14)20/h2-4,6-7,15,19H,5,8-9H2,1H3/t15-,17-/m0/s1. The molecule has 1 aliphatic carbocycles. The summed E-state index contributed by atoms with van der Waals surface area (Å²) in [5.41, 5.74) is 0.462. The van der Waals surface area contributed by atoms with Gasteiger partial charge in [-0.3, -0.25) is 4.79 Å². The Morgan fingerprint density at radius 3 is 2.73 bits per heavy atom. The molecule has 1 heterocycles. The lowest BCUT2D eigenvalue weighted by Crippen LogP contribution is -2.51. The zero-order valence-corrected chi connectivity index (χ0v) is 12.3. The van der Waals surface area contributed by atoms with Crippen LogP contribution < -0.4 is 5.32 Å². The van der Waals surface area contributed by atoms with Crippen LogP contribution >= 0.6 is 0 Å². The minimum absolute atomic E-state index is 0.00336. The summed E-state index contributed by atoms with van der Waals surface area (Å²) in [6.07, 6.45) is 1.85. The van der Waals surface area contributed by atoms with Gasteiger partial charge in [0.2, 0.25) is 5.54 Å². The van der Waals surface area contributed by atoms with Gasteiger partial charge in [-0.25, -0.2) is 4.79 Å². The van der Waals surface area contributed by atoms with Crippen molar-refractivity contribution < 1.29 is 14.3 Å². The molecule has 0 saturated carbocycles. The van der Waals surface area contributed by atoms with Gasteiger partial charge < -0.3 is 10.1 Å². The number of Topliss-reactive ketones (excluding diaryl/α,β-unsaturated/α-hetero) is 1. The lowest BCUT2D eigenvalue weighted by molar-refractivity contribution is -0.146. The molecule has 2 aliphatic rings. The third kappa shape index (κ3) is 1.92. The van der Waals surface area contributed by atoms with Crippen LogP contribution in [0.3, 0.4) is 0 Å². The smallest absolute Gasteiger partial charge is 0.347 e. The molecule has 112 valence electrons. The number of nitrogens with zero attached hydrogens (tertiary/aromatic N) is 1. The minimum Gasteiger partial charge on any atom is -0.466 e. The Morgan fingerprint density at radius 2 is 2.09 bits per heavy atom. The van der Waals surface area contributed by atoms with Crippen LogP contribution in [0.25, 0.3) is 0 Å². The number of methoxy groups -OCH3 is 1. The first-order valence-electron chi connectivity index (χ1n) is 7.23. The lowest BCUT2D eigenvalue weighted by atomic mass is 9.75. The largest absolute Gasteiger partial charge is 0.466 e. The summed E-state index contributed by atoms with van der Waals surface area (Å²) in [5, 5.41) is 12.7. The molecule has 1 aliphatic heterocycles. The number of ketones is 1. The highest BCUT2D eigenvalue weighted by atomic mass is 16.5. The van der Waals surface area contributed by atoms with Crippen LogP contribution in [0.4, 0.5) is 0 Å². The van der Waals surface area contributed by atoms with Crippen molar-refractivity contribution in [3.63, 3.8) is 0 Å². The maximum absolute atomic E-state index is 12.4. The number of hydrogen-bond donors (Lipinski definition) is 1. The molecule has 1 aromatic rings. The van der Waals surface area contributed by atoms with Gasteiger partial charge in [0.05, 0.1) is 13.0 Å². The molecule has 0 spiro atoms. The van der Waals surface area contributed by atoms with Crippen molar-refractivity contribution in [3.8, 4) is 6.07 Å². The van der Waals surface area contributed by atoms with E-state index in [9.17, 15) is 14.9 Å². The minimum atomic E-state index is -1.57. The molecule has 0 saturated heterocycles. The summed E-state index contributed by atoms with van der Waals surface area (Å²) in [5.74, 6) is -1.29. The fourth-order valence-corrected chi connectivity index (χ4v) is 3.39. The fourth-order valence-electron chi connectivity index (χ4n) is 3.39. The molecule has 1 aromatic carbocycles. The quantitative estimate of drug-likeness (QED) is 0.842. The van der Waals surface area contributed by atoms with Gasteiger partial charge in [-0.05, 0) is 18.4 Å². The van der Waals surface area contributed by atoms with E-state index in [1.165, 1.54) is 7.11 Å². The second-order valence-electron chi connectivity index (χ2n) is 5.55. The van der Waals surface area contributed by atoms with E-state index in [0.717, 1.165) is 12.0 Å². The van der Waals surface area contributed by atoms with Crippen LogP contribution in [0.2, 0.25) is 0 Å². The maximum atomic E-state index is 12.4. The van der Waals surface area contributed by atoms with E-state index >= 15 is 0 Å². The summed E-state index contributed by atoms with van der Waals surface area (Å²) in [6, 6.07) is 11.3. The Balaban J connectivity index is 2.20. The van der Waals surface area contributed by atoms with E-state index in [1.807, 2.05) is 30.3 Å². The van der Waals surface area contributed by atoms with Crippen LogP contribution in [0.1, 0.15) is 30.7 Å². The first-order chi connectivity index (χ1) is 10.6. The highest BCUT2D eigenvalue weighted by Gasteiger charge is 2.57. The van der Waals surface area contributed by atoms with Gasteiger partial charge in [-0.2, -0.15) is 5.26 Å². The Morgan fingerprint density at radius 1 is 1.36 bits per heavy atom. The van der Waals surface area contributed by atoms with E-state index in [-0.39, 0.29) is 5.78 Å². The molecule has 3 rings (SSSR count). The molecule has 0 radical (unpaired) electrons. The first kappa shape index (κ1) is 14.3. The monoisotopic (exact) mass is 296 g/mol. The fraction of sp³-hybridized carbons (Fsp3) is 0.353. The van der Waals surface area contributed by atoms with Gasteiger partial charge in [0, 0.05) is 17.7 Å². The number of carbonyl (C=O) groups is 2. The Bertz CT molecular complexity index is 702. The van der Waals surface area contributed by atoms with E-state index in [1.54, 1.807) is 0 Å². The van der Waals surface area contributed by atoms with Crippen molar-refractivity contribution >= 4 is 11.8 Å². The van der Waals surface area contributed by atoms with Crippen molar-refractivity contribution in [1.29, 1.82) is 5.26 Å². The summed E-state index contributed by atoms with van der Waals surface area (Å²) in [7, 11) is 1.25. The van der Waals surface area contributed by atoms with Gasteiger partial charge in [-0.1, -0.05) is 30.3 Å². The predicted octanol–water partition coefficient (Wildman–Crippen LogP) is 1.82. The molecule has 0 fully saturated rings. The van der Waals surface area contributed by atoms with Gasteiger partial charge in [0.1, 0.15) is 6.07 Å². The van der Waals surface area contributed by atoms with Crippen molar-refractivity contribution in [1.82, 2.24) is 5.32 Å². The van der Waals surface area contributed by atoms with Crippen molar-refractivity contribution in [2.75, 3.05) is 7.11 Å². The Labute approximate surface area is 128 Å². The predicted molar refractivity (Wildman–Crippen MR) is 78.6 cm³/mol. The number of carbonyl (C=O) groups excluding carboxylic acids is 2. The number of allylic oxidation sites excluding steroid dienone is 1. The molecule has 0 bridgehead atoms. The Kier molecular flexibility index (Phi) is 3.45. The summed E-state index contributed by atoms with van der Waals surface area (Å²) in [4.78, 5) is 24.8. The number of nitrogens with one attached hydrogen (secondary N) is 1. The van der Waals surface area contributed by atoms with Gasteiger partial charge in [0.25, 0.3) is 0 Å². The third-order valence-corrected chi connectivity index (χ3v) is 4.34. The zero-order chi connectivity index (χ0) is 15.7. The summed E-state index contributed by atoms with van der Waals surface area (Å²) < 4.78 is 4.86. The number of rotatable bonds is 2. The zero-order valence-electron chi connectivity index (χ0n) is 12.3. The number of ether oxygens (including phenoxy) is 1. The molecule has 2 atom stereocenters. The molecular formula is C17H16N2O3. The molecule has 5 heteroatoms. The average molecular weight is 296 g/mol. The number of nitriles is 1. The van der Waals surface area contributed by atoms with Gasteiger partial charge >= 0.3 is 5.97 Å².